The van der Waals surface area contributed by atoms with E-state index in [-0.39, 0.29) is 0 Å². The monoisotopic (exact) mass is 182 g/mol. The predicted octanol–water partition coefficient (Wildman–Crippen LogP) is 3.56. The summed E-state index contributed by atoms with van der Waals surface area (Å²) < 4.78 is 0. The minimum absolute atomic E-state index is 0.784. The highest BCUT2D eigenvalue weighted by Crippen LogP contribution is 2.07. The highest BCUT2D eigenvalue weighted by atomic mass is 35.5. The van der Waals surface area contributed by atoms with Gasteiger partial charge in [0.2, 0.25) is 0 Å². The molecule has 1 aromatic carbocycles. The third-order valence-electron chi connectivity index (χ3n) is 1.97. The molecule has 0 N–H and O–H groups in total. The zero-order chi connectivity index (χ0) is 8.81. The second-order valence-electron chi connectivity index (χ2n) is 3.13. The molecule has 0 amide bonds. The van der Waals surface area contributed by atoms with Crippen LogP contribution in [0.25, 0.3) is 0 Å². The summed E-state index contributed by atoms with van der Waals surface area (Å²) in [5.41, 5.74) is 2.75. The molecule has 0 bridgehead atoms. The quantitative estimate of drug-likeness (QED) is 0.494. The van der Waals surface area contributed by atoms with Gasteiger partial charge < -0.3 is 0 Å². The molecule has 1 heteroatoms. The van der Waals surface area contributed by atoms with Crippen molar-refractivity contribution in [2.45, 2.75) is 26.2 Å². The van der Waals surface area contributed by atoms with Gasteiger partial charge in [0.25, 0.3) is 0 Å². The van der Waals surface area contributed by atoms with E-state index < -0.39 is 0 Å². The lowest BCUT2D eigenvalue weighted by molar-refractivity contribution is 0.799. The van der Waals surface area contributed by atoms with Gasteiger partial charge in [0.05, 0.1) is 0 Å². The van der Waals surface area contributed by atoms with Gasteiger partial charge in [-0.05, 0) is 31.7 Å². The number of rotatable bonds is 4. The van der Waals surface area contributed by atoms with E-state index in [1.54, 1.807) is 0 Å². The maximum absolute atomic E-state index is 5.59. The maximum Gasteiger partial charge on any atom is 0.0223 e. The smallest absolute Gasteiger partial charge is 0.0223 e. The van der Waals surface area contributed by atoms with Gasteiger partial charge in [-0.25, -0.2) is 0 Å². The summed E-state index contributed by atoms with van der Waals surface area (Å²) in [7, 11) is 0. The van der Waals surface area contributed by atoms with Crippen molar-refractivity contribution < 1.29 is 0 Å². The zero-order valence-electron chi connectivity index (χ0n) is 7.52. The van der Waals surface area contributed by atoms with Crippen LogP contribution >= 0.6 is 11.6 Å². The Morgan fingerprint density at radius 3 is 2.33 bits per heavy atom. The van der Waals surface area contributed by atoms with Gasteiger partial charge in [0.15, 0.2) is 0 Å². The van der Waals surface area contributed by atoms with Gasteiger partial charge in [-0.2, -0.15) is 0 Å². The Hall–Kier alpha value is -0.490. The van der Waals surface area contributed by atoms with Crippen molar-refractivity contribution >= 4 is 11.6 Å². The highest BCUT2D eigenvalue weighted by molar-refractivity contribution is 6.17. The molecule has 12 heavy (non-hydrogen) atoms. The molecule has 0 radical (unpaired) electrons. The van der Waals surface area contributed by atoms with Crippen molar-refractivity contribution in [1.29, 1.82) is 0 Å². The van der Waals surface area contributed by atoms with Crippen LogP contribution in [0.4, 0.5) is 0 Å². The van der Waals surface area contributed by atoms with Crippen molar-refractivity contribution in [3.8, 4) is 0 Å². The molecule has 0 spiro atoms. The lowest BCUT2D eigenvalue weighted by atomic mass is 10.1. The lowest BCUT2D eigenvalue weighted by Crippen LogP contribution is -1.86. The molecule has 0 aromatic heterocycles. The topological polar surface area (TPSA) is 0 Å². The van der Waals surface area contributed by atoms with Gasteiger partial charge in [0, 0.05) is 5.88 Å². The molecule has 0 unspecified atom stereocenters. The summed E-state index contributed by atoms with van der Waals surface area (Å²) >= 11 is 5.59. The summed E-state index contributed by atoms with van der Waals surface area (Å²) in [6, 6.07) is 8.72. The van der Waals surface area contributed by atoms with E-state index in [2.05, 4.69) is 31.2 Å². The molecule has 0 saturated carbocycles. The molecule has 1 rings (SSSR count). The predicted molar refractivity (Wildman–Crippen MR) is 54.8 cm³/mol. The number of alkyl halides is 1. The summed E-state index contributed by atoms with van der Waals surface area (Å²) in [4.78, 5) is 0. The Balaban J connectivity index is 2.37. The number of benzene rings is 1. The molecule has 0 nitrogen and oxygen atoms in total. The van der Waals surface area contributed by atoms with Crippen LogP contribution in [0.3, 0.4) is 0 Å². The SMILES string of the molecule is Cc1ccc(CCCCCl)cc1. The summed E-state index contributed by atoms with van der Waals surface area (Å²) in [6.07, 6.45) is 3.48. The van der Waals surface area contributed by atoms with E-state index in [1.807, 2.05) is 0 Å². The maximum atomic E-state index is 5.59. The molecule has 0 saturated heterocycles. The highest BCUT2D eigenvalue weighted by Gasteiger charge is 1.91. The van der Waals surface area contributed by atoms with E-state index >= 15 is 0 Å². The van der Waals surface area contributed by atoms with E-state index in [1.165, 1.54) is 17.5 Å². The fourth-order valence-electron chi connectivity index (χ4n) is 1.18. The number of unbranched alkanes of at least 4 members (excludes halogenated alkanes) is 1. The minimum atomic E-state index is 0.784. The second kappa shape index (κ2) is 5.21. The minimum Gasteiger partial charge on any atom is -0.127 e. The number of aryl methyl sites for hydroxylation is 2. The van der Waals surface area contributed by atoms with Crippen LogP contribution < -0.4 is 0 Å². The van der Waals surface area contributed by atoms with Crippen LogP contribution in [0.15, 0.2) is 24.3 Å². The Bertz CT molecular complexity index is 213. The molecule has 0 heterocycles. The third kappa shape index (κ3) is 3.27. The third-order valence-corrected chi connectivity index (χ3v) is 2.24. The molecule has 0 atom stereocenters. The van der Waals surface area contributed by atoms with Gasteiger partial charge in [-0.15, -0.1) is 11.6 Å². The second-order valence-corrected chi connectivity index (χ2v) is 3.51. The Morgan fingerprint density at radius 2 is 1.75 bits per heavy atom. The average Bonchev–Trinajstić information content (AvgIpc) is 2.09. The van der Waals surface area contributed by atoms with Crippen LogP contribution in [0.5, 0.6) is 0 Å². The fraction of sp³-hybridized carbons (Fsp3) is 0.455. The average molecular weight is 183 g/mol. The molecule has 0 aliphatic heterocycles. The van der Waals surface area contributed by atoms with Gasteiger partial charge in [-0.1, -0.05) is 29.8 Å². The molecule has 0 aliphatic carbocycles. The van der Waals surface area contributed by atoms with Crippen molar-refractivity contribution in [3.05, 3.63) is 35.4 Å². The molecule has 0 aliphatic rings. The molecule has 0 fully saturated rings. The van der Waals surface area contributed by atoms with Crippen LogP contribution in [-0.2, 0) is 6.42 Å². The van der Waals surface area contributed by atoms with Crippen molar-refractivity contribution in [3.63, 3.8) is 0 Å². The summed E-state index contributed by atoms with van der Waals surface area (Å²) in [5, 5.41) is 0. The number of hydrogen-bond acceptors (Lipinski definition) is 0. The van der Waals surface area contributed by atoms with E-state index in [0.717, 1.165) is 18.7 Å². The standard InChI is InChI=1S/C11H15Cl/c1-10-5-7-11(8-6-10)4-2-3-9-12/h5-8H,2-4,9H2,1H3. The van der Waals surface area contributed by atoms with Gasteiger partial charge >= 0.3 is 0 Å². The molecular weight excluding hydrogens is 168 g/mol. The first-order valence-corrected chi connectivity index (χ1v) is 4.98. The Labute approximate surface area is 79.6 Å². The summed E-state index contributed by atoms with van der Waals surface area (Å²) in [6.45, 7) is 2.11. The van der Waals surface area contributed by atoms with Crippen LogP contribution in [0.2, 0.25) is 0 Å². The van der Waals surface area contributed by atoms with Crippen LogP contribution in [0.1, 0.15) is 24.0 Å². The van der Waals surface area contributed by atoms with E-state index in [0.29, 0.717) is 0 Å². The lowest BCUT2D eigenvalue weighted by Gasteiger charge is -1.99. The fourth-order valence-corrected chi connectivity index (χ4v) is 1.37. The van der Waals surface area contributed by atoms with Crippen molar-refractivity contribution in [1.82, 2.24) is 0 Å². The van der Waals surface area contributed by atoms with Crippen molar-refractivity contribution in [2.75, 3.05) is 5.88 Å². The van der Waals surface area contributed by atoms with Gasteiger partial charge in [-0.3, -0.25) is 0 Å². The first-order chi connectivity index (χ1) is 5.83. The van der Waals surface area contributed by atoms with Gasteiger partial charge in [0.1, 0.15) is 0 Å². The van der Waals surface area contributed by atoms with Crippen LogP contribution in [0, 0.1) is 6.92 Å². The number of halogens is 1. The zero-order valence-corrected chi connectivity index (χ0v) is 8.27. The van der Waals surface area contributed by atoms with Crippen LogP contribution in [-0.4, -0.2) is 5.88 Å². The molecule has 66 valence electrons. The normalized spacial score (nSPS) is 10.2. The van der Waals surface area contributed by atoms with E-state index in [4.69, 9.17) is 11.6 Å². The first kappa shape index (κ1) is 9.60. The van der Waals surface area contributed by atoms with E-state index in [9.17, 15) is 0 Å². The first-order valence-electron chi connectivity index (χ1n) is 4.44. The molecule has 1 aromatic rings. The molecular formula is C11H15Cl. The Kier molecular flexibility index (Phi) is 4.16. The largest absolute Gasteiger partial charge is 0.127 e. The van der Waals surface area contributed by atoms with Crippen molar-refractivity contribution in [2.24, 2.45) is 0 Å². The number of hydrogen-bond donors (Lipinski definition) is 0. The Morgan fingerprint density at radius 1 is 1.08 bits per heavy atom. The summed E-state index contributed by atoms with van der Waals surface area (Å²) in [5.74, 6) is 0.784.